The van der Waals surface area contributed by atoms with Crippen LogP contribution in [0.4, 0.5) is 0 Å². The molecule has 0 aromatic heterocycles. The van der Waals surface area contributed by atoms with E-state index in [4.69, 9.17) is 18.9 Å². The summed E-state index contributed by atoms with van der Waals surface area (Å²) < 4.78 is 16.9. The predicted octanol–water partition coefficient (Wildman–Crippen LogP) is 4.16. The minimum Gasteiger partial charge on any atom is -0.870 e. The van der Waals surface area contributed by atoms with E-state index in [9.17, 15) is 9.69 Å². The van der Waals surface area contributed by atoms with E-state index in [2.05, 4.69) is 6.92 Å². The Morgan fingerprint density at radius 1 is 0.931 bits per heavy atom. The second kappa shape index (κ2) is 19.6. The van der Waals surface area contributed by atoms with Crippen LogP contribution in [0.5, 0.6) is 0 Å². The van der Waals surface area contributed by atoms with Gasteiger partial charge in [0, 0.05) is 13.2 Å². The molecule has 0 radical (unpaired) electrons. The molecule has 0 aliphatic heterocycles. The zero-order chi connectivity index (χ0) is 21.3. The SMILES string of the molecule is CCCCCCCCCOCCCCOP(O)O[C@H](CC(=O)O)C[N+](C)(C)C.[OH-]. The van der Waals surface area contributed by atoms with Crippen molar-refractivity contribution in [2.45, 2.75) is 77.2 Å². The summed E-state index contributed by atoms with van der Waals surface area (Å²) in [5.74, 6) is -0.944. The second-order valence-electron chi connectivity index (χ2n) is 8.31. The molecule has 0 aromatic rings. The van der Waals surface area contributed by atoms with Crippen molar-refractivity contribution in [3.63, 3.8) is 0 Å². The maximum atomic E-state index is 10.9. The number of carboxylic acid groups (broad SMARTS) is 1. The number of carboxylic acids is 1. The van der Waals surface area contributed by atoms with Gasteiger partial charge in [-0.15, -0.1) is 0 Å². The van der Waals surface area contributed by atoms with Crippen molar-refractivity contribution in [1.29, 1.82) is 0 Å². The fraction of sp³-hybridized carbons (Fsp3) is 0.950. The van der Waals surface area contributed by atoms with E-state index in [0.717, 1.165) is 25.9 Å². The third-order valence-corrected chi connectivity index (χ3v) is 5.05. The van der Waals surface area contributed by atoms with E-state index in [-0.39, 0.29) is 11.9 Å². The molecule has 3 N–H and O–H groups in total. The quantitative estimate of drug-likeness (QED) is 0.166. The Balaban J connectivity index is 0. The topological polar surface area (TPSA) is 115 Å². The van der Waals surface area contributed by atoms with E-state index >= 15 is 0 Å². The average Bonchev–Trinajstić information content (AvgIpc) is 2.56. The van der Waals surface area contributed by atoms with Crippen LogP contribution < -0.4 is 0 Å². The average molecular weight is 442 g/mol. The molecule has 0 bridgehead atoms. The van der Waals surface area contributed by atoms with Gasteiger partial charge in [-0.3, -0.25) is 4.79 Å². The Hall–Kier alpha value is -0.340. The van der Waals surface area contributed by atoms with Gasteiger partial charge in [0.2, 0.25) is 0 Å². The first kappa shape index (κ1) is 30.9. The van der Waals surface area contributed by atoms with Crippen LogP contribution in [-0.4, -0.2) is 79.5 Å². The first-order chi connectivity index (χ1) is 13.2. The summed E-state index contributed by atoms with van der Waals surface area (Å²) in [6.07, 6.45) is 9.90. The van der Waals surface area contributed by atoms with Crippen molar-refractivity contribution in [3.8, 4) is 0 Å². The maximum Gasteiger partial charge on any atom is 0.330 e. The third kappa shape index (κ3) is 23.8. The monoisotopic (exact) mass is 441 g/mol. The Morgan fingerprint density at radius 3 is 2.00 bits per heavy atom. The number of quaternary nitrogens is 1. The Morgan fingerprint density at radius 2 is 1.45 bits per heavy atom. The lowest BCUT2D eigenvalue weighted by Gasteiger charge is -2.29. The highest BCUT2D eigenvalue weighted by Crippen LogP contribution is 2.35. The molecule has 0 aliphatic rings. The number of nitrogens with zero attached hydrogens (tertiary/aromatic N) is 1. The number of rotatable bonds is 20. The van der Waals surface area contributed by atoms with Crippen LogP contribution in [0.1, 0.15) is 71.1 Å². The molecule has 0 fully saturated rings. The third-order valence-electron chi connectivity index (χ3n) is 4.17. The predicted molar refractivity (Wildman–Crippen MR) is 115 cm³/mol. The summed E-state index contributed by atoms with van der Waals surface area (Å²) >= 11 is 0. The second-order valence-corrected chi connectivity index (χ2v) is 9.25. The summed E-state index contributed by atoms with van der Waals surface area (Å²) in [6, 6.07) is 0. The summed E-state index contributed by atoms with van der Waals surface area (Å²) in [5.41, 5.74) is 0. The Bertz CT molecular complexity index is 380. The molecule has 9 heteroatoms. The van der Waals surface area contributed by atoms with Crippen LogP contribution in [0.2, 0.25) is 0 Å². The van der Waals surface area contributed by atoms with Gasteiger partial charge in [0.1, 0.15) is 12.6 Å². The highest BCUT2D eigenvalue weighted by molar-refractivity contribution is 7.40. The van der Waals surface area contributed by atoms with E-state index < -0.39 is 20.7 Å². The Kier molecular flexibility index (Phi) is 20.9. The summed E-state index contributed by atoms with van der Waals surface area (Å²) in [6.45, 7) is 4.61. The van der Waals surface area contributed by atoms with Crippen LogP contribution in [0.3, 0.4) is 0 Å². The van der Waals surface area contributed by atoms with Gasteiger partial charge in [-0.2, -0.15) is 0 Å². The lowest BCUT2D eigenvalue weighted by Crippen LogP contribution is -2.42. The molecule has 2 atom stereocenters. The van der Waals surface area contributed by atoms with E-state index in [1.54, 1.807) is 0 Å². The molecule has 29 heavy (non-hydrogen) atoms. The molecular formula is C20H44NO7P. The first-order valence-electron chi connectivity index (χ1n) is 10.6. The molecule has 0 heterocycles. The van der Waals surface area contributed by atoms with Gasteiger partial charge < -0.3 is 33.7 Å². The number of carbonyl (C=O) groups is 1. The molecular weight excluding hydrogens is 397 g/mol. The molecule has 0 saturated heterocycles. The van der Waals surface area contributed by atoms with Crippen molar-refractivity contribution in [2.75, 3.05) is 47.5 Å². The molecule has 0 rings (SSSR count). The lowest BCUT2D eigenvalue weighted by molar-refractivity contribution is -0.873. The number of likely N-dealkylation sites (N-methyl/N-ethyl adjacent to an activating group) is 1. The van der Waals surface area contributed by atoms with Gasteiger partial charge in [-0.1, -0.05) is 45.4 Å². The number of ether oxygens (including phenoxy) is 1. The zero-order valence-electron chi connectivity index (χ0n) is 18.8. The van der Waals surface area contributed by atoms with Crippen molar-refractivity contribution in [2.24, 2.45) is 0 Å². The van der Waals surface area contributed by atoms with Crippen LogP contribution in [0.15, 0.2) is 0 Å². The van der Waals surface area contributed by atoms with Crippen LogP contribution in [0, 0.1) is 0 Å². The molecule has 0 amide bonds. The van der Waals surface area contributed by atoms with Crippen molar-refractivity contribution in [1.82, 2.24) is 0 Å². The molecule has 0 spiro atoms. The van der Waals surface area contributed by atoms with Gasteiger partial charge in [0.25, 0.3) is 0 Å². The number of unbranched alkanes of at least 4 members (excludes halogenated alkanes) is 7. The lowest BCUT2D eigenvalue weighted by atomic mass is 10.1. The fourth-order valence-corrected chi connectivity index (χ4v) is 3.55. The molecule has 0 aromatic carbocycles. The maximum absolute atomic E-state index is 10.9. The van der Waals surface area contributed by atoms with Crippen molar-refractivity contribution >= 4 is 14.6 Å². The molecule has 0 saturated carbocycles. The number of hydrogen-bond donors (Lipinski definition) is 2. The standard InChI is InChI=1S/C20H42NO6P.H2O/c1-5-6-7-8-9-10-11-14-25-15-12-13-16-26-28(24)27-19(17-20(22)23)18-21(2,3)4;/h19,24H,5-18H2,1-4H3;1H2/t19-,28?;/m1./s1. The molecule has 0 aliphatic carbocycles. The van der Waals surface area contributed by atoms with E-state index in [1.807, 2.05) is 21.1 Å². The van der Waals surface area contributed by atoms with Crippen molar-refractivity contribution < 1.29 is 38.5 Å². The number of aliphatic carboxylic acids is 1. The van der Waals surface area contributed by atoms with Gasteiger partial charge >= 0.3 is 14.6 Å². The highest BCUT2D eigenvalue weighted by atomic mass is 31.2. The van der Waals surface area contributed by atoms with E-state index in [0.29, 0.717) is 24.2 Å². The minimum atomic E-state index is -2.06. The summed E-state index contributed by atoms with van der Waals surface area (Å²) in [5, 5.41) is 8.98. The minimum absolute atomic E-state index is 0. The fourth-order valence-electron chi connectivity index (χ4n) is 2.81. The van der Waals surface area contributed by atoms with Crippen molar-refractivity contribution in [3.05, 3.63) is 0 Å². The summed E-state index contributed by atoms with van der Waals surface area (Å²) in [4.78, 5) is 20.8. The van der Waals surface area contributed by atoms with Crippen LogP contribution in [0.25, 0.3) is 0 Å². The van der Waals surface area contributed by atoms with Gasteiger partial charge in [0.05, 0.1) is 34.2 Å². The smallest absolute Gasteiger partial charge is 0.330 e. The Labute approximate surface area is 178 Å². The zero-order valence-corrected chi connectivity index (χ0v) is 19.7. The van der Waals surface area contributed by atoms with E-state index in [1.165, 1.54) is 38.5 Å². The molecule has 176 valence electrons. The first-order valence-corrected chi connectivity index (χ1v) is 11.8. The van der Waals surface area contributed by atoms with Gasteiger partial charge in [0.15, 0.2) is 0 Å². The number of hydrogen-bond acceptors (Lipinski definition) is 6. The summed E-state index contributed by atoms with van der Waals surface area (Å²) in [7, 11) is 3.79. The van der Waals surface area contributed by atoms with Gasteiger partial charge in [-0.25, -0.2) is 0 Å². The van der Waals surface area contributed by atoms with Crippen LogP contribution >= 0.6 is 8.60 Å². The normalized spacial score (nSPS) is 13.7. The molecule has 8 nitrogen and oxygen atoms in total. The molecule has 1 unspecified atom stereocenters. The van der Waals surface area contributed by atoms with Gasteiger partial charge in [-0.05, 0) is 19.3 Å². The largest absolute Gasteiger partial charge is 0.870 e. The highest BCUT2D eigenvalue weighted by Gasteiger charge is 2.25. The van der Waals surface area contributed by atoms with Crippen LogP contribution in [-0.2, 0) is 18.6 Å².